The molecular formula is C11H9Cl2F3N2O2. The summed E-state index contributed by atoms with van der Waals surface area (Å²) in [7, 11) is 1.16. The fourth-order valence-corrected chi connectivity index (χ4v) is 1.94. The van der Waals surface area contributed by atoms with Crippen LogP contribution in [0.4, 0.5) is 18.9 Å². The first kappa shape index (κ1) is 16.6. The molecule has 0 saturated heterocycles. The number of nitrogens with zero attached hydrogens (tertiary/aromatic N) is 1. The van der Waals surface area contributed by atoms with Gasteiger partial charge in [0.05, 0.1) is 28.4 Å². The average Bonchev–Trinajstić information content (AvgIpc) is 2.33. The number of halogens is 5. The van der Waals surface area contributed by atoms with Gasteiger partial charge in [0.15, 0.2) is 0 Å². The van der Waals surface area contributed by atoms with E-state index in [1.54, 1.807) is 0 Å². The maximum absolute atomic E-state index is 12.5. The van der Waals surface area contributed by atoms with Gasteiger partial charge in [-0.1, -0.05) is 23.2 Å². The molecule has 9 heteroatoms. The van der Waals surface area contributed by atoms with Crippen LogP contribution in [0.5, 0.6) is 0 Å². The molecule has 0 aliphatic rings. The van der Waals surface area contributed by atoms with Gasteiger partial charge in [0, 0.05) is 12.3 Å². The molecule has 1 aromatic carbocycles. The molecule has 0 bridgehead atoms. The molecule has 0 radical (unpaired) electrons. The van der Waals surface area contributed by atoms with Gasteiger partial charge in [-0.2, -0.15) is 13.2 Å². The Morgan fingerprint density at radius 2 is 1.85 bits per heavy atom. The van der Waals surface area contributed by atoms with Gasteiger partial charge in [0.1, 0.15) is 0 Å². The van der Waals surface area contributed by atoms with Crippen LogP contribution in [-0.4, -0.2) is 13.1 Å². The highest BCUT2D eigenvalue weighted by Gasteiger charge is 2.32. The maximum atomic E-state index is 12.5. The highest BCUT2D eigenvalue weighted by atomic mass is 35.5. The minimum Gasteiger partial charge on any atom is -0.466 e. The number of carbonyl (C=O) groups excluding carboxylic acids is 1. The first-order chi connectivity index (χ1) is 9.16. The molecule has 0 fully saturated rings. The van der Waals surface area contributed by atoms with Crippen molar-refractivity contribution >= 4 is 34.9 Å². The second kappa shape index (κ2) is 6.34. The van der Waals surface area contributed by atoms with Crippen molar-refractivity contribution in [2.45, 2.75) is 6.18 Å². The predicted molar refractivity (Wildman–Crippen MR) is 69.3 cm³/mol. The van der Waals surface area contributed by atoms with Gasteiger partial charge in [-0.15, -0.1) is 0 Å². The Bertz CT molecular complexity index is 524. The number of rotatable bonds is 3. The lowest BCUT2D eigenvalue weighted by atomic mass is 10.2. The van der Waals surface area contributed by atoms with E-state index >= 15 is 0 Å². The number of benzene rings is 1. The van der Waals surface area contributed by atoms with Crippen molar-refractivity contribution in [1.29, 1.82) is 0 Å². The fourth-order valence-electron chi connectivity index (χ4n) is 1.26. The minimum atomic E-state index is -4.58. The predicted octanol–water partition coefficient (Wildman–Crippen LogP) is 3.38. The van der Waals surface area contributed by atoms with E-state index in [0.29, 0.717) is 12.1 Å². The van der Waals surface area contributed by atoms with Gasteiger partial charge < -0.3 is 4.74 Å². The topological polar surface area (TPSA) is 55.6 Å². The van der Waals surface area contributed by atoms with E-state index < -0.39 is 17.7 Å². The highest BCUT2D eigenvalue weighted by Crippen LogP contribution is 2.39. The van der Waals surface area contributed by atoms with E-state index in [0.717, 1.165) is 24.4 Å². The molecule has 0 atom stereocenters. The molecule has 0 heterocycles. The summed E-state index contributed by atoms with van der Waals surface area (Å²) in [6.07, 6.45) is -2.55. The summed E-state index contributed by atoms with van der Waals surface area (Å²) in [5.41, 5.74) is -1.07. The minimum absolute atomic E-state index is 0.0681. The second-order valence-electron chi connectivity index (χ2n) is 3.53. The first-order valence-corrected chi connectivity index (χ1v) is 5.78. The van der Waals surface area contributed by atoms with Crippen molar-refractivity contribution in [3.8, 4) is 0 Å². The van der Waals surface area contributed by atoms with Gasteiger partial charge in [-0.05, 0) is 12.1 Å². The highest BCUT2D eigenvalue weighted by molar-refractivity contribution is 6.39. The smallest absolute Gasteiger partial charge is 0.416 e. The van der Waals surface area contributed by atoms with Crippen molar-refractivity contribution in [2.24, 2.45) is 5.84 Å². The maximum Gasteiger partial charge on any atom is 0.416 e. The first-order valence-electron chi connectivity index (χ1n) is 5.03. The van der Waals surface area contributed by atoms with E-state index in [9.17, 15) is 18.0 Å². The molecule has 0 aliphatic heterocycles. The Labute approximate surface area is 122 Å². The quantitative estimate of drug-likeness (QED) is 0.400. The molecule has 1 aromatic rings. The molecule has 0 spiro atoms. The normalized spacial score (nSPS) is 11.8. The van der Waals surface area contributed by atoms with Crippen molar-refractivity contribution in [3.63, 3.8) is 0 Å². The molecule has 0 saturated carbocycles. The number of carbonyl (C=O) groups is 1. The Morgan fingerprint density at radius 3 is 2.25 bits per heavy atom. The third-order valence-corrected chi connectivity index (χ3v) is 2.75. The fraction of sp³-hybridized carbons (Fsp3) is 0.182. The average molecular weight is 329 g/mol. The van der Waals surface area contributed by atoms with Crippen LogP contribution in [0.3, 0.4) is 0 Å². The van der Waals surface area contributed by atoms with Crippen LogP contribution < -0.4 is 10.9 Å². The number of esters is 1. The van der Waals surface area contributed by atoms with Crippen LogP contribution in [0, 0.1) is 0 Å². The molecular weight excluding hydrogens is 320 g/mol. The van der Waals surface area contributed by atoms with Gasteiger partial charge in [0.2, 0.25) is 0 Å². The largest absolute Gasteiger partial charge is 0.466 e. The number of methoxy groups -OCH3 is 1. The number of hydrazine groups is 1. The second-order valence-corrected chi connectivity index (χ2v) is 4.35. The zero-order chi connectivity index (χ0) is 15.5. The molecule has 0 unspecified atom stereocenters. The Morgan fingerprint density at radius 1 is 1.35 bits per heavy atom. The van der Waals surface area contributed by atoms with Crippen LogP contribution in [0.2, 0.25) is 10.0 Å². The molecule has 0 aliphatic carbocycles. The van der Waals surface area contributed by atoms with Crippen LogP contribution in [0.25, 0.3) is 0 Å². The zero-order valence-electron chi connectivity index (χ0n) is 10.0. The number of nitrogens with two attached hydrogens (primary N) is 1. The molecule has 4 nitrogen and oxygen atoms in total. The number of ether oxygens (including phenoxy) is 1. The summed E-state index contributed by atoms with van der Waals surface area (Å²) in [5, 5.41) is 0.213. The van der Waals surface area contributed by atoms with Gasteiger partial charge >= 0.3 is 12.1 Å². The Balaban J connectivity index is 3.14. The van der Waals surface area contributed by atoms with E-state index in [2.05, 4.69) is 4.74 Å². The molecule has 0 aromatic heterocycles. The Kier molecular flexibility index (Phi) is 5.27. The number of anilines is 1. The third kappa shape index (κ3) is 4.03. The SMILES string of the molecule is COC(=O)C=CN(N)c1c(Cl)cc(C(F)(F)F)cc1Cl. The third-order valence-electron chi connectivity index (χ3n) is 2.17. The lowest BCUT2D eigenvalue weighted by Crippen LogP contribution is -2.25. The molecule has 1 rings (SSSR count). The van der Waals surface area contributed by atoms with E-state index in [1.807, 2.05) is 0 Å². The Hall–Kier alpha value is -1.44. The van der Waals surface area contributed by atoms with Gasteiger partial charge in [-0.3, -0.25) is 5.01 Å². The van der Waals surface area contributed by atoms with E-state index in [1.165, 1.54) is 0 Å². The van der Waals surface area contributed by atoms with Crippen molar-refractivity contribution in [3.05, 3.63) is 40.0 Å². The standard InChI is InChI=1S/C11H9Cl2F3N2O2/c1-20-9(19)2-3-18(17)10-7(12)4-6(5-8(10)13)11(14,15)16/h2-5H,17H2,1H3. The van der Waals surface area contributed by atoms with E-state index in [4.69, 9.17) is 29.0 Å². The number of hydrogen-bond donors (Lipinski definition) is 1. The lowest BCUT2D eigenvalue weighted by molar-refractivity contribution is -0.137. The van der Waals surface area contributed by atoms with Crippen LogP contribution in [-0.2, 0) is 15.7 Å². The van der Waals surface area contributed by atoms with Crippen LogP contribution in [0.1, 0.15) is 5.56 Å². The lowest BCUT2D eigenvalue weighted by Gasteiger charge is -2.18. The van der Waals surface area contributed by atoms with Crippen LogP contribution in [0.15, 0.2) is 24.4 Å². The number of alkyl halides is 3. The van der Waals surface area contributed by atoms with Crippen molar-refractivity contribution in [1.82, 2.24) is 0 Å². The summed E-state index contributed by atoms with van der Waals surface area (Å²) in [5.74, 6) is 4.85. The summed E-state index contributed by atoms with van der Waals surface area (Å²) in [6.45, 7) is 0. The van der Waals surface area contributed by atoms with Gasteiger partial charge in [-0.25, -0.2) is 10.6 Å². The molecule has 110 valence electrons. The summed E-state index contributed by atoms with van der Waals surface area (Å²) < 4.78 is 42.0. The summed E-state index contributed by atoms with van der Waals surface area (Å²) in [6, 6.07) is 1.38. The summed E-state index contributed by atoms with van der Waals surface area (Å²) in [4.78, 5) is 10.9. The van der Waals surface area contributed by atoms with Crippen molar-refractivity contribution in [2.75, 3.05) is 12.1 Å². The van der Waals surface area contributed by atoms with Gasteiger partial charge in [0.25, 0.3) is 0 Å². The molecule has 20 heavy (non-hydrogen) atoms. The van der Waals surface area contributed by atoms with E-state index in [-0.39, 0.29) is 15.7 Å². The zero-order valence-corrected chi connectivity index (χ0v) is 11.6. The monoisotopic (exact) mass is 328 g/mol. The molecule has 0 amide bonds. The van der Waals surface area contributed by atoms with Crippen LogP contribution >= 0.6 is 23.2 Å². The summed E-state index contributed by atoms with van der Waals surface area (Å²) >= 11 is 11.5. The molecule has 2 N–H and O–H groups in total. The van der Waals surface area contributed by atoms with Crippen molar-refractivity contribution < 1.29 is 22.7 Å². The number of hydrogen-bond acceptors (Lipinski definition) is 4.